The second-order valence-corrected chi connectivity index (χ2v) is 10.5. The number of rotatable bonds is 6. The number of carbonyl (C=O) groups excluding carboxylic acids is 2. The minimum Gasteiger partial charge on any atom is -0.376 e. The maximum atomic E-state index is 13.5. The van der Waals surface area contributed by atoms with Crippen LogP contribution in [-0.2, 0) is 47.9 Å². The molecular formula is C24H29F3N4O3S. The molecule has 2 aromatic heterocycles. The molecule has 2 amide bonds. The Morgan fingerprint density at radius 3 is 2.54 bits per heavy atom. The van der Waals surface area contributed by atoms with Gasteiger partial charge in [-0.15, -0.1) is 11.3 Å². The smallest absolute Gasteiger partial charge is 0.376 e. The van der Waals surface area contributed by atoms with Crippen LogP contribution >= 0.6 is 11.3 Å². The van der Waals surface area contributed by atoms with Gasteiger partial charge in [0.15, 0.2) is 5.69 Å². The van der Waals surface area contributed by atoms with Crippen LogP contribution in [-0.4, -0.2) is 40.9 Å². The van der Waals surface area contributed by atoms with Crippen LogP contribution < -0.4 is 10.6 Å². The summed E-state index contributed by atoms with van der Waals surface area (Å²) in [6.45, 7) is 0.789. The number of aromatic nitrogens is 2. The Kier molecular flexibility index (Phi) is 6.89. The van der Waals surface area contributed by atoms with Crippen LogP contribution in [0.3, 0.4) is 0 Å². The van der Waals surface area contributed by atoms with Crippen LogP contribution in [0.1, 0.15) is 76.3 Å². The quantitative estimate of drug-likeness (QED) is 0.608. The summed E-state index contributed by atoms with van der Waals surface area (Å²) < 4.78 is 47.3. The van der Waals surface area contributed by atoms with E-state index in [0.717, 1.165) is 55.4 Å². The van der Waals surface area contributed by atoms with Gasteiger partial charge in [-0.25, -0.2) is 0 Å². The van der Waals surface area contributed by atoms with Crippen molar-refractivity contribution in [1.29, 1.82) is 0 Å². The van der Waals surface area contributed by atoms with E-state index in [-0.39, 0.29) is 24.1 Å². The highest BCUT2D eigenvalue weighted by Crippen LogP contribution is 2.39. The van der Waals surface area contributed by atoms with E-state index in [1.165, 1.54) is 16.0 Å². The first kappa shape index (κ1) is 24.3. The zero-order valence-corrected chi connectivity index (χ0v) is 20.2. The molecule has 1 aliphatic heterocycles. The maximum Gasteiger partial charge on any atom is 0.435 e. The van der Waals surface area contributed by atoms with Crippen molar-refractivity contribution < 1.29 is 27.5 Å². The largest absolute Gasteiger partial charge is 0.435 e. The van der Waals surface area contributed by atoms with Crippen molar-refractivity contribution >= 4 is 28.2 Å². The molecule has 0 saturated carbocycles. The lowest BCUT2D eigenvalue weighted by Gasteiger charge is -2.15. The number of amides is 2. The molecule has 35 heavy (non-hydrogen) atoms. The second-order valence-electron chi connectivity index (χ2n) is 9.44. The normalized spacial score (nSPS) is 19.8. The fourth-order valence-corrected chi connectivity index (χ4v) is 6.63. The van der Waals surface area contributed by atoms with Gasteiger partial charge in [-0.05, 0) is 69.8 Å². The third-order valence-corrected chi connectivity index (χ3v) is 8.19. The van der Waals surface area contributed by atoms with Gasteiger partial charge in [0.05, 0.1) is 11.7 Å². The van der Waals surface area contributed by atoms with Gasteiger partial charge in [0.25, 0.3) is 5.91 Å². The number of hydrogen-bond donors (Lipinski definition) is 2. The summed E-state index contributed by atoms with van der Waals surface area (Å²) in [6.07, 6.45) is 3.18. The minimum absolute atomic E-state index is 0.000253. The lowest BCUT2D eigenvalue weighted by Crippen LogP contribution is -2.33. The molecule has 7 nitrogen and oxygen atoms in total. The summed E-state index contributed by atoms with van der Waals surface area (Å²) in [7, 11) is 0. The summed E-state index contributed by atoms with van der Waals surface area (Å²) in [4.78, 5) is 27.2. The minimum atomic E-state index is -4.55. The van der Waals surface area contributed by atoms with Gasteiger partial charge in [-0.1, -0.05) is 0 Å². The molecule has 11 heteroatoms. The molecule has 1 saturated heterocycles. The van der Waals surface area contributed by atoms with Crippen LogP contribution in [0.4, 0.5) is 18.2 Å². The molecule has 2 aliphatic carbocycles. The van der Waals surface area contributed by atoms with Gasteiger partial charge in [-0.2, -0.15) is 18.3 Å². The summed E-state index contributed by atoms with van der Waals surface area (Å²) in [5, 5.41) is 10.0. The first-order valence-corrected chi connectivity index (χ1v) is 13.1. The van der Waals surface area contributed by atoms with Crippen LogP contribution in [0.15, 0.2) is 0 Å². The van der Waals surface area contributed by atoms with E-state index in [2.05, 4.69) is 15.7 Å². The predicted octanol–water partition coefficient (Wildman–Crippen LogP) is 4.27. The molecule has 5 rings (SSSR count). The monoisotopic (exact) mass is 510 g/mol. The Bertz CT molecular complexity index is 1120. The number of anilines is 1. The Morgan fingerprint density at radius 2 is 1.80 bits per heavy atom. The first-order chi connectivity index (χ1) is 16.8. The fraction of sp³-hybridized carbons (Fsp3) is 0.625. The molecule has 0 unspecified atom stereocenters. The Labute approximate surface area is 205 Å². The van der Waals surface area contributed by atoms with E-state index in [1.54, 1.807) is 0 Å². The number of hydrogen-bond acceptors (Lipinski definition) is 5. The predicted molar refractivity (Wildman–Crippen MR) is 125 cm³/mol. The highest BCUT2D eigenvalue weighted by molar-refractivity contribution is 7.17. The summed E-state index contributed by atoms with van der Waals surface area (Å²) >= 11 is 1.39. The molecule has 2 N–H and O–H groups in total. The number of alkyl halides is 3. The van der Waals surface area contributed by atoms with Crippen molar-refractivity contribution in [3.63, 3.8) is 0 Å². The zero-order chi connectivity index (χ0) is 24.6. The molecular weight excluding hydrogens is 481 g/mol. The Balaban J connectivity index is 1.35. The topological polar surface area (TPSA) is 85.2 Å². The van der Waals surface area contributed by atoms with Crippen LogP contribution in [0, 0.1) is 0 Å². The summed E-state index contributed by atoms with van der Waals surface area (Å²) in [5.74, 6) is -0.729. The molecule has 1 fully saturated rings. The Hall–Kier alpha value is -2.40. The van der Waals surface area contributed by atoms with E-state index in [4.69, 9.17) is 4.74 Å². The van der Waals surface area contributed by atoms with E-state index in [1.807, 2.05) is 0 Å². The van der Waals surface area contributed by atoms with Gasteiger partial charge in [0.2, 0.25) is 5.91 Å². The molecule has 1 atom stereocenters. The van der Waals surface area contributed by atoms with Gasteiger partial charge < -0.3 is 15.4 Å². The number of nitrogens with zero attached hydrogens (tertiary/aromatic N) is 2. The van der Waals surface area contributed by atoms with Crippen LogP contribution in [0.2, 0.25) is 0 Å². The number of thiophene rings is 1. The van der Waals surface area contributed by atoms with Crippen molar-refractivity contribution in [3.05, 3.63) is 33.0 Å². The highest BCUT2D eigenvalue weighted by Gasteiger charge is 2.39. The Morgan fingerprint density at radius 1 is 1.06 bits per heavy atom. The molecule has 0 radical (unpaired) electrons. The average Bonchev–Trinajstić information content (AvgIpc) is 3.55. The van der Waals surface area contributed by atoms with Crippen molar-refractivity contribution in [2.75, 3.05) is 18.5 Å². The van der Waals surface area contributed by atoms with Crippen LogP contribution in [0.5, 0.6) is 0 Å². The molecule has 2 aromatic rings. The number of ether oxygens (including phenoxy) is 1. The number of aryl methyl sites for hydroxylation is 1. The van der Waals surface area contributed by atoms with E-state index >= 15 is 0 Å². The van der Waals surface area contributed by atoms with E-state index in [0.29, 0.717) is 48.7 Å². The average molecular weight is 511 g/mol. The molecule has 0 spiro atoms. The second kappa shape index (κ2) is 9.93. The number of fused-ring (bicyclic) bond motifs is 2. The van der Waals surface area contributed by atoms with Crippen molar-refractivity contribution in [2.45, 2.75) is 83.0 Å². The third-order valence-electron chi connectivity index (χ3n) is 6.98. The van der Waals surface area contributed by atoms with Gasteiger partial charge in [-0.3, -0.25) is 14.3 Å². The lowest BCUT2D eigenvalue weighted by atomic mass is 9.95. The zero-order valence-electron chi connectivity index (χ0n) is 19.4. The number of nitrogens with one attached hydrogen (secondary N) is 2. The van der Waals surface area contributed by atoms with Gasteiger partial charge in [0.1, 0.15) is 11.5 Å². The molecule has 0 aromatic carbocycles. The maximum absolute atomic E-state index is 13.5. The van der Waals surface area contributed by atoms with Gasteiger partial charge >= 0.3 is 6.18 Å². The van der Waals surface area contributed by atoms with Crippen LogP contribution in [0.25, 0.3) is 0 Å². The molecule has 3 aliphatic rings. The SMILES string of the molecule is O=C(Cn1nc(C(F)(F)F)c2c1CCCC2)Nc1sc2c(c1C(=O)NC[C@H]1CCCO1)CCCC2. The van der Waals surface area contributed by atoms with Crippen molar-refractivity contribution in [2.24, 2.45) is 0 Å². The summed E-state index contributed by atoms with van der Waals surface area (Å²) in [5.41, 5.74) is 1.25. The first-order valence-electron chi connectivity index (χ1n) is 12.3. The van der Waals surface area contributed by atoms with Crippen molar-refractivity contribution in [1.82, 2.24) is 15.1 Å². The van der Waals surface area contributed by atoms with Crippen molar-refractivity contribution in [3.8, 4) is 0 Å². The molecule has 0 bridgehead atoms. The van der Waals surface area contributed by atoms with E-state index in [9.17, 15) is 22.8 Å². The number of carbonyl (C=O) groups is 2. The third kappa shape index (κ3) is 5.11. The molecule has 190 valence electrons. The lowest BCUT2D eigenvalue weighted by molar-refractivity contribution is -0.142. The fourth-order valence-electron chi connectivity index (χ4n) is 5.33. The number of halogens is 3. The molecule has 3 heterocycles. The highest BCUT2D eigenvalue weighted by atomic mass is 32.1. The van der Waals surface area contributed by atoms with E-state index < -0.39 is 17.8 Å². The summed E-state index contributed by atoms with van der Waals surface area (Å²) in [6, 6.07) is 0. The van der Waals surface area contributed by atoms with Gasteiger partial charge in [0, 0.05) is 29.3 Å². The standard InChI is InChI=1S/C24H29F3N4O3S/c25-24(26,27)21-15-7-1-3-9-17(15)31(30-21)13-19(32)29-23-20(16-8-2-4-10-18(16)35-23)22(33)28-12-14-6-5-11-34-14/h14H,1-13H2,(H,28,33)(H,29,32)/t14-/m1/s1.